The third-order valence-corrected chi connectivity index (χ3v) is 3.70. The first-order valence-electron chi connectivity index (χ1n) is 7.52. The largest absolute Gasteiger partial charge is 0.497 e. The molecule has 2 aromatic carbocycles. The van der Waals surface area contributed by atoms with Crippen molar-refractivity contribution in [3.63, 3.8) is 0 Å². The number of anilines is 4. The van der Waals surface area contributed by atoms with E-state index < -0.39 is 0 Å². The molecular weight excluding hydrogens is 340 g/mol. The molecule has 1 aromatic heterocycles. The van der Waals surface area contributed by atoms with Crippen LogP contribution < -0.4 is 20.1 Å². The van der Waals surface area contributed by atoms with Crippen molar-refractivity contribution in [2.45, 2.75) is 0 Å². The molecule has 6 nitrogen and oxygen atoms in total. The molecule has 3 aromatic rings. The van der Waals surface area contributed by atoms with Crippen molar-refractivity contribution >= 4 is 34.7 Å². The van der Waals surface area contributed by atoms with Crippen LogP contribution in [0.5, 0.6) is 11.5 Å². The number of benzene rings is 2. The highest BCUT2D eigenvalue weighted by Gasteiger charge is 2.05. The number of halogens is 1. The Labute approximate surface area is 150 Å². The van der Waals surface area contributed by atoms with E-state index in [4.69, 9.17) is 21.1 Å². The Morgan fingerprint density at radius 2 is 1.76 bits per heavy atom. The molecule has 0 radical (unpaired) electrons. The van der Waals surface area contributed by atoms with E-state index in [0.717, 1.165) is 17.1 Å². The fourth-order valence-corrected chi connectivity index (χ4v) is 2.47. The summed E-state index contributed by atoms with van der Waals surface area (Å²) in [5.41, 5.74) is 1.64. The van der Waals surface area contributed by atoms with E-state index in [1.54, 1.807) is 38.6 Å². The lowest BCUT2D eigenvalue weighted by Gasteiger charge is -2.10. The maximum atomic E-state index is 6.13. The number of rotatable bonds is 6. The first-order chi connectivity index (χ1) is 12.2. The highest BCUT2D eigenvalue weighted by molar-refractivity contribution is 6.32. The smallest absolute Gasteiger partial charge is 0.229 e. The van der Waals surface area contributed by atoms with Gasteiger partial charge in [0.05, 0.1) is 19.2 Å². The molecule has 0 saturated heterocycles. The molecule has 1 heterocycles. The number of nitrogens with one attached hydrogen (secondary N) is 2. The van der Waals surface area contributed by atoms with Crippen LogP contribution in [0, 0.1) is 0 Å². The third-order valence-electron chi connectivity index (χ3n) is 3.41. The topological polar surface area (TPSA) is 68.3 Å². The summed E-state index contributed by atoms with van der Waals surface area (Å²) < 4.78 is 10.4. The van der Waals surface area contributed by atoms with Gasteiger partial charge in [0.25, 0.3) is 0 Å². The average molecular weight is 357 g/mol. The molecule has 3 rings (SSSR count). The van der Waals surface area contributed by atoms with Gasteiger partial charge in [-0.05, 0) is 36.4 Å². The molecule has 0 unspecified atom stereocenters. The summed E-state index contributed by atoms with van der Waals surface area (Å²) in [5, 5.41) is 6.85. The lowest BCUT2D eigenvalue weighted by Crippen LogP contribution is -2.00. The number of hydrogen-bond donors (Lipinski definition) is 2. The molecule has 0 fully saturated rings. The molecule has 0 atom stereocenters. The van der Waals surface area contributed by atoms with Crippen molar-refractivity contribution in [2.24, 2.45) is 0 Å². The van der Waals surface area contributed by atoms with Crippen LogP contribution in [-0.2, 0) is 0 Å². The molecule has 0 amide bonds. The lowest BCUT2D eigenvalue weighted by molar-refractivity contribution is 0.415. The molecular formula is C18H17ClN4O2. The Kier molecular flexibility index (Phi) is 5.20. The van der Waals surface area contributed by atoms with E-state index >= 15 is 0 Å². The SMILES string of the molecule is COc1cccc(Nc2ccnc(Nc3ccc(OC)c(Cl)c3)n2)c1. The van der Waals surface area contributed by atoms with Crippen LogP contribution >= 0.6 is 11.6 Å². The maximum absolute atomic E-state index is 6.13. The second-order valence-electron chi connectivity index (χ2n) is 5.10. The van der Waals surface area contributed by atoms with Gasteiger partial charge in [-0.25, -0.2) is 4.98 Å². The van der Waals surface area contributed by atoms with Crippen LogP contribution in [0.4, 0.5) is 23.1 Å². The van der Waals surface area contributed by atoms with Gasteiger partial charge in [0, 0.05) is 23.6 Å². The molecule has 0 saturated carbocycles. The molecule has 0 aliphatic carbocycles. The molecule has 0 bridgehead atoms. The van der Waals surface area contributed by atoms with Gasteiger partial charge in [0.15, 0.2) is 0 Å². The number of ether oxygens (including phenoxy) is 2. The zero-order valence-corrected chi connectivity index (χ0v) is 14.5. The van der Waals surface area contributed by atoms with Crippen LogP contribution in [-0.4, -0.2) is 24.2 Å². The van der Waals surface area contributed by atoms with Crippen LogP contribution in [0.3, 0.4) is 0 Å². The third kappa shape index (κ3) is 4.30. The van der Waals surface area contributed by atoms with E-state index in [0.29, 0.717) is 22.5 Å². The number of methoxy groups -OCH3 is 2. The van der Waals surface area contributed by atoms with E-state index in [1.165, 1.54) is 0 Å². The minimum absolute atomic E-state index is 0.453. The fourth-order valence-electron chi connectivity index (χ4n) is 2.21. The molecule has 2 N–H and O–H groups in total. The van der Waals surface area contributed by atoms with Gasteiger partial charge in [0.1, 0.15) is 17.3 Å². The summed E-state index contributed by atoms with van der Waals surface area (Å²) in [6.07, 6.45) is 1.67. The Hall–Kier alpha value is -2.99. The minimum atomic E-state index is 0.453. The Morgan fingerprint density at radius 3 is 2.52 bits per heavy atom. The predicted octanol–water partition coefficient (Wildman–Crippen LogP) is 4.63. The van der Waals surface area contributed by atoms with E-state index in [2.05, 4.69) is 20.6 Å². The lowest BCUT2D eigenvalue weighted by atomic mass is 10.3. The molecule has 25 heavy (non-hydrogen) atoms. The highest BCUT2D eigenvalue weighted by atomic mass is 35.5. The highest BCUT2D eigenvalue weighted by Crippen LogP contribution is 2.28. The van der Waals surface area contributed by atoms with E-state index in [1.807, 2.05) is 30.3 Å². The predicted molar refractivity (Wildman–Crippen MR) is 99.6 cm³/mol. The number of nitrogens with zero attached hydrogens (tertiary/aromatic N) is 2. The van der Waals surface area contributed by atoms with Crippen molar-refractivity contribution in [1.82, 2.24) is 9.97 Å². The Morgan fingerprint density at radius 1 is 0.920 bits per heavy atom. The molecule has 7 heteroatoms. The van der Waals surface area contributed by atoms with Crippen LogP contribution in [0.1, 0.15) is 0 Å². The normalized spacial score (nSPS) is 10.2. The van der Waals surface area contributed by atoms with Crippen LogP contribution in [0.2, 0.25) is 5.02 Å². The van der Waals surface area contributed by atoms with Gasteiger partial charge in [-0.15, -0.1) is 0 Å². The van der Waals surface area contributed by atoms with Crippen molar-refractivity contribution in [1.29, 1.82) is 0 Å². The minimum Gasteiger partial charge on any atom is -0.497 e. The maximum Gasteiger partial charge on any atom is 0.229 e. The van der Waals surface area contributed by atoms with Crippen LogP contribution in [0.15, 0.2) is 54.7 Å². The first-order valence-corrected chi connectivity index (χ1v) is 7.90. The standard InChI is InChI=1S/C18H17ClN4O2/c1-24-14-5-3-4-12(10-14)21-17-8-9-20-18(23-17)22-13-6-7-16(25-2)15(19)11-13/h3-11H,1-2H3,(H2,20,21,22,23). The summed E-state index contributed by atoms with van der Waals surface area (Å²) in [7, 11) is 3.21. The van der Waals surface area contributed by atoms with Gasteiger partial charge in [0.2, 0.25) is 5.95 Å². The second-order valence-corrected chi connectivity index (χ2v) is 5.50. The Balaban J connectivity index is 1.76. The molecule has 0 spiro atoms. The number of hydrogen-bond acceptors (Lipinski definition) is 6. The second kappa shape index (κ2) is 7.72. The van der Waals surface area contributed by atoms with E-state index in [-0.39, 0.29) is 0 Å². The summed E-state index contributed by atoms with van der Waals surface area (Å²) in [6, 6.07) is 14.8. The monoisotopic (exact) mass is 356 g/mol. The summed E-state index contributed by atoms with van der Waals surface area (Å²) in [4.78, 5) is 8.66. The van der Waals surface area contributed by atoms with Gasteiger partial charge >= 0.3 is 0 Å². The van der Waals surface area contributed by atoms with Crippen molar-refractivity contribution in [2.75, 3.05) is 24.9 Å². The quantitative estimate of drug-likeness (QED) is 0.671. The first kappa shape index (κ1) is 16.9. The molecule has 128 valence electrons. The summed E-state index contributed by atoms with van der Waals surface area (Å²) in [5.74, 6) is 2.49. The van der Waals surface area contributed by atoms with Gasteiger partial charge < -0.3 is 20.1 Å². The van der Waals surface area contributed by atoms with E-state index in [9.17, 15) is 0 Å². The summed E-state index contributed by atoms with van der Waals surface area (Å²) >= 11 is 6.13. The van der Waals surface area contributed by atoms with Gasteiger partial charge in [-0.2, -0.15) is 4.98 Å². The van der Waals surface area contributed by atoms with Crippen molar-refractivity contribution in [3.05, 3.63) is 59.8 Å². The Bertz CT molecular complexity index is 873. The van der Waals surface area contributed by atoms with Crippen LogP contribution in [0.25, 0.3) is 0 Å². The molecule has 0 aliphatic heterocycles. The zero-order chi connectivity index (χ0) is 17.6. The van der Waals surface area contributed by atoms with Crippen molar-refractivity contribution in [3.8, 4) is 11.5 Å². The van der Waals surface area contributed by atoms with Crippen molar-refractivity contribution < 1.29 is 9.47 Å². The molecule has 0 aliphatic rings. The van der Waals surface area contributed by atoms with Gasteiger partial charge in [-0.1, -0.05) is 17.7 Å². The average Bonchev–Trinajstić information content (AvgIpc) is 2.62. The summed E-state index contributed by atoms with van der Waals surface area (Å²) in [6.45, 7) is 0. The van der Waals surface area contributed by atoms with Gasteiger partial charge in [-0.3, -0.25) is 0 Å². The fraction of sp³-hybridized carbons (Fsp3) is 0.111. The zero-order valence-electron chi connectivity index (χ0n) is 13.8. The number of aromatic nitrogens is 2.